The fraction of sp³-hybridized carbons (Fsp3) is 0.300. The Hall–Kier alpha value is -3.62. The van der Waals surface area contributed by atoms with Crippen LogP contribution in [0, 0.1) is 10.1 Å². The molecule has 0 spiro atoms. The maximum absolute atomic E-state index is 11.9. The molecule has 1 unspecified atom stereocenters. The average molecular weight is 401 g/mol. The second kappa shape index (κ2) is 10.1. The van der Waals surface area contributed by atoms with Crippen LogP contribution in [0.4, 0.5) is 5.69 Å². The van der Waals surface area contributed by atoms with Gasteiger partial charge in [0.05, 0.1) is 23.8 Å². The summed E-state index contributed by atoms with van der Waals surface area (Å²) in [7, 11) is 1.21. The Bertz CT molecular complexity index is 896. The van der Waals surface area contributed by atoms with Gasteiger partial charge >= 0.3 is 5.69 Å². The van der Waals surface area contributed by atoms with E-state index < -0.39 is 16.5 Å². The number of carbonyl (C=O) groups is 1. The molecule has 0 aromatic heterocycles. The highest BCUT2D eigenvalue weighted by atomic mass is 16.6. The Balaban J connectivity index is 1.96. The minimum absolute atomic E-state index is 0.0616. The van der Waals surface area contributed by atoms with E-state index in [1.807, 2.05) is 12.1 Å². The molecule has 2 aromatic carbocycles. The zero-order chi connectivity index (χ0) is 21.4. The predicted octanol–water partition coefficient (Wildman–Crippen LogP) is 3.35. The summed E-state index contributed by atoms with van der Waals surface area (Å²) in [6, 6.07) is 10.0. The van der Waals surface area contributed by atoms with Crippen LogP contribution in [0.3, 0.4) is 0 Å². The maximum atomic E-state index is 11.9. The third-order valence-corrected chi connectivity index (χ3v) is 4.35. The highest BCUT2D eigenvalue weighted by molar-refractivity contribution is 5.89. The average Bonchev–Trinajstić information content (AvgIpc) is 2.72. The number of nitrogens with one attached hydrogen (secondary N) is 1. The van der Waals surface area contributed by atoms with Gasteiger partial charge in [-0.3, -0.25) is 14.9 Å². The Morgan fingerprint density at radius 3 is 2.59 bits per heavy atom. The second-order valence-corrected chi connectivity index (χ2v) is 6.27. The molecule has 9 heteroatoms. The van der Waals surface area contributed by atoms with Crippen LogP contribution >= 0.6 is 0 Å². The molecule has 2 rings (SSSR count). The van der Waals surface area contributed by atoms with Gasteiger partial charge in [0, 0.05) is 0 Å². The van der Waals surface area contributed by atoms with Crippen LogP contribution in [0.1, 0.15) is 37.3 Å². The predicted molar refractivity (Wildman–Crippen MR) is 108 cm³/mol. The van der Waals surface area contributed by atoms with E-state index in [9.17, 15) is 20.0 Å². The Morgan fingerprint density at radius 2 is 2.00 bits per heavy atom. The largest absolute Gasteiger partial charge is 0.504 e. The third kappa shape index (κ3) is 5.68. The van der Waals surface area contributed by atoms with Crippen molar-refractivity contribution in [3.05, 3.63) is 57.6 Å². The van der Waals surface area contributed by atoms with Gasteiger partial charge in [-0.2, -0.15) is 5.10 Å². The topological polar surface area (TPSA) is 123 Å². The van der Waals surface area contributed by atoms with E-state index >= 15 is 0 Å². The normalized spacial score (nSPS) is 11.8. The summed E-state index contributed by atoms with van der Waals surface area (Å²) in [5, 5.41) is 24.6. The zero-order valence-corrected chi connectivity index (χ0v) is 16.4. The van der Waals surface area contributed by atoms with Crippen LogP contribution < -0.4 is 14.9 Å². The highest BCUT2D eigenvalue weighted by Crippen LogP contribution is 2.37. The first-order valence-corrected chi connectivity index (χ1v) is 8.96. The summed E-state index contributed by atoms with van der Waals surface area (Å²) >= 11 is 0. The van der Waals surface area contributed by atoms with Crippen LogP contribution in [-0.4, -0.2) is 35.9 Å². The van der Waals surface area contributed by atoms with Gasteiger partial charge in [0.1, 0.15) is 5.75 Å². The van der Waals surface area contributed by atoms with Gasteiger partial charge in [-0.1, -0.05) is 26.0 Å². The minimum Gasteiger partial charge on any atom is -0.504 e. The first kappa shape index (κ1) is 21.7. The molecular weight excluding hydrogens is 378 g/mol. The molecule has 0 aliphatic rings. The fourth-order valence-corrected chi connectivity index (χ4v) is 2.55. The van der Waals surface area contributed by atoms with E-state index in [-0.39, 0.29) is 23.7 Å². The molecule has 0 bridgehead atoms. The molecule has 0 heterocycles. The number of rotatable bonds is 9. The molecule has 0 radical (unpaired) electrons. The zero-order valence-electron chi connectivity index (χ0n) is 16.4. The number of hydrogen-bond donors (Lipinski definition) is 2. The van der Waals surface area contributed by atoms with Crippen molar-refractivity contribution >= 4 is 17.8 Å². The van der Waals surface area contributed by atoms with Gasteiger partial charge < -0.3 is 14.6 Å². The number of benzene rings is 2. The number of nitro benzene ring substituents is 1. The van der Waals surface area contributed by atoms with Gasteiger partial charge in [-0.05, 0) is 42.2 Å². The van der Waals surface area contributed by atoms with Crippen molar-refractivity contribution in [3.63, 3.8) is 0 Å². The maximum Gasteiger partial charge on any atom is 0.323 e. The molecule has 0 saturated heterocycles. The first-order valence-electron chi connectivity index (χ1n) is 8.96. The van der Waals surface area contributed by atoms with E-state index in [0.29, 0.717) is 11.7 Å². The number of nitrogens with zero attached hydrogens (tertiary/aromatic N) is 2. The number of carbonyl (C=O) groups excluding carboxylic acids is 1. The number of ether oxygens (including phenoxy) is 2. The second-order valence-electron chi connectivity index (χ2n) is 6.27. The van der Waals surface area contributed by atoms with Gasteiger partial charge in [0.15, 0.2) is 12.4 Å². The van der Waals surface area contributed by atoms with Crippen LogP contribution in [0.2, 0.25) is 0 Å². The smallest absolute Gasteiger partial charge is 0.323 e. The number of aromatic hydroxyl groups is 1. The SMILES string of the molecule is CCC(C)c1ccc(OCC(=O)N/N=C/c2ccc(O)c(OC)c2[N+](=O)[O-])cc1. The van der Waals surface area contributed by atoms with Gasteiger partial charge in [0.2, 0.25) is 5.75 Å². The lowest BCUT2D eigenvalue weighted by molar-refractivity contribution is -0.386. The van der Waals surface area contributed by atoms with Crippen molar-refractivity contribution in [2.24, 2.45) is 5.10 Å². The van der Waals surface area contributed by atoms with Crippen LogP contribution in [0.15, 0.2) is 41.5 Å². The molecule has 154 valence electrons. The standard InChI is InChI=1S/C20H23N3O6/c1-4-13(2)14-5-8-16(9-6-14)29-12-18(25)22-21-11-15-7-10-17(24)20(28-3)19(15)23(26)27/h5-11,13,24H,4,12H2,1-3H3,(H,22,25)/b21-11+. The summed E-state index contributed by atoms with van der Waals surface area (Å²) < 4.78 is 10.3. The molecule has 0 fully saturated rings. The number of phenols is 1. The number of nitro groups is 1. The third-order valence-electron chi connectivity index (χ3n) is 4.35. The van der Waals surface area contributed by atoms with E-state index in [2.05, 4.69) is 24.4 Å². The molecule has 0 saturated carbocycles. The highest BCUT2D eigenvalue weighted by Gasteiger charge is 2.23. The van der Waals surface area contributed by atoms with Crippen molar-refractivity contribution in [3.8, 4) is 17.2 Å². The number of methoxy groups -OCH3 is 1. The summed E-state index contributed by atoms with van der Waals surface area (Å²) in [4.78, 5) is 22.4. The number of amides is 1. The molecular formula is C20H23N3O6. The van der Waals surface area contributed by atoms with Crippen molar-refractivity contribution in [1.82, 2.24) is 5.43 Å². The van der Waals surface area contributed by atoms with E-state index in [0.717, 1.165) is 12.6 Å². The van der Waals surface area contributed by atoms with Crippen molar-refractivity contribution in [2.75, 3.05) is 13.7 Å². The Kier molecular flexibility index (Phi) is 7.53. The van der Waals surface area contributed by atoms with E-state index in [1.165, 1.54) is 24.8 Å². The minimum atomic E-state index is -0.700. The number of hydrogen-bond acceptors (Lipinski definition) is 7. The van der Waals surface area contributed by atoms with Gasteiger partial charge in [0.25, 0.3) is 5.91 Å². The lowest BCUT2D eigenvalue weighted by Crippen LogP contribution is -2.24. The van der Waals surface area contributed by atoms with E-state index in [4.69, 9.17) is 9.47 Å². The van der Waals surface area contributed by atoms with Crippen LogP contribution in [0.5, 0.6) is 17.2 Å². The fourth-order valence-electron chi connectivity index (χ4n) is 2.55. The summed E-state index contributed by atoms with van der Waals surface area (Å²) in [6.45, 7) is 3.99. The van der Waals surface area contributed by atoms with Gasteiger partial charge in [-0.25, -0.2) is 5.43 Å². The first-order chi connectivity index (χ1) is 13.9. The van der Waals surface area contributed by atoms with Crippen LogP contribution in [0.25, 0.3) is 0 Å². The number of phenolic OH excluding ortho intramolecular Hbond substituents is 1. The van der Waals surface area contributed by atoms with Crippen LogP contribution in [-0.2, 0) is 4.79 Å². The summed E-state index contributed by atoms with van der Waals surface area (Å²) in [5.74, 6) is -0.178. The Morgan fingerprint density at radius 1 is 1.31 bits per heavy atom. The lowest BCUT2D eigenvalue weighted by atomic mass is 9.99. The lowest BCUT2D eigenvalue weighted by Gasteiger charge is -2.10. The molecule has 0 aliphatic carbocycles. The molecule has 1 amide bonds. The molecule has 9 nitrogen and oxygen atoms in total. The molecule has 29 heavy (non-hydrogen) atoms. The summed E-state index contributed by atoms with van der Waals surface area (Å²) in [6.07, 6.45) is 2.13. The molecule has 2 aromatic rings. The molecule has 2 N–H and O–H groups in total. The summed E-state index contributed by atoms with van der Waals surface area (Å²) in [5.41, 5.74) is 3.04. The molecule has 0 aliphatic heterocycles. The monoisotopic (exact) mass is 401 g/mol. The van der Waals surface area contributed by atoms with Crippen molar-refractivity contribution in [2.45, 2.75) is 26.2 Å². The molecule has 1 atom stereocenters. The van der Waals surface area contributed by atoms with E-state index in [1.54, 1.807) is 12.1 Å². The van der Waals surface area contributed by atoms with Crippen molar-refractivity contribution in [1.29, 1.82) is 0 Å². The van der Waals surface area contributed by atoms with Gasteiger partial charge in [-0.15, -0.1) is 0 Å². The Labute approximate surface area is 168 Å². The number of hydrazone groups is 1. The quantitative estimate of drug-likeness (QED) is 0.377. The van der Waals surface area contributed by atoms with Crippen molar-refractivity contribution < 1.29 is 24.3 Å².